The van der Waals surface area contributed by atoms with Gasteiger partial charge in [0.1, 0.15) is 0 Å². The molecule has 2 aliphatic heterocycles. The average molecular weight is 847 g/mol. The Hall–Kier alpha value is -2.20. The van der Waals surface area contributed by atoms with E-state index in [1.54, 1.807) is 0 Å². The van der Waals surface area contributed by atoms with Crippen molar-refractivity contribution in [1.29, 1.82) is 0 Å². The van der Waals surface area contributed by atoms with Crippen LogP contribution in [-0.4, -0.2) is 74.7 Å². The molecule has 4 rings (SSSR count). The minimum Gasteiger partial charge on any atom is -0.465 e. The predicted molar refractivity (Wildman–Crippen MR) is 234 cm³/mol. The standard InChI is InChI=1S/C50H86O10/c1-3-5-7-9-11-15-19-23-27-31-55-47(51)39-35-43-45(59-43)37-41(39)49(53)57-33-29-25-21-17-13-14-18-22-26-30-34-58-50(54)42-38-46-44(60-46)36-40(42)48(52)56-32-28-24-20-16-12-10-8-6-4-2/h39-46H,3-38H2,1-2H3. The van der Waals surface area contributed by atoms with Crippen molar-refractivity contribution in [3.8, 4) is 0 Å². The van der Waals surface area contributed by atoms with Gasteiger partial charge in [-0.1, -0.05) is 168 Å². The number of hydrogen-bond acceptors (Lipinski definition) is 10. The molecule has 0 aromatic rings. The van der Waals surface area contributed by atoms with E-state index in [2.05, 4.69) is 13.8 Å². The highest BCUT2D eigenvalue weighted by molar-refractivity contribution is 5.83. The van der Waals surface area contributed by atoms with Gasteiger partial charge in [-0.2, -0.15) is 0 Å². The molecule has 10 nitrogen and oxygen atoms in total. The molecule has 0 aromatic carbocycles. The van der Waals surface area contributed by atoms with Crippen LogP contribution in [-0.2, 0) is 47.6 Å². The maximum atomic E-state index is 13.0. The molecule has 60 heavy (non-hydrogen) atoms. The van der Waals surface area contributed by atoms with Gasteiger partial charge in [-0.3, -0.25) is 19.2 Å². The fourth-order valence-electron chi connectivity index (χ4n) is 9.45. The molecule has 0 spiro atoms. The molecule has 2 heterocycles. The van der Waals surface area contributed by atoms with E-state index in [4.69, 9.17) is 28.4 Å². The predicted octanol–water partition coefficient (Wildman–Crippen LogP) is 11.7. The normalized spacial score (nSPS) is 25.2. The molecular weight excluding hydrogens is 761 g/mol. The second-order valence-corrected chi connectivity index (χ2v) is 18.7. The average Bonchev–Trinajstić information content (AvgIpc) is 4.19. The molecule has 8 unspecified atom stereocenters. The van der Waals surface area contributed by atoms with Gasteiger partial charge >= 0.3 is 23.9 Å². The molecule has 0 radical (unpaired) electrons. The summed E-state index contributed by atoms with van der Waals surface area (Å²) in [5.74, 6) is -2.90. The Bertz CT molecular complexity index is 1100. The highest BCUT2D eigenvalue weighted by Crippen LogP contribution is 2.45. The van der Waals surface area contributed by atoms with E-state index < -0.39 is 23.7 Å². The quantitative estimate of drug-likeness (QED) is 0.0258. The number of fused-ring (bicyclic) bond motifs is 2. The molecule has 2 saturated carbocycles. The first-order valence-electron chi connectivity index (χ1n) is 25.4. The number of ether oxygens (including phenoxy) is 6. The number of esters is 4. The van der Waals surface area contributed by atoms with Crippen LogP contribution in [0.3, 0.4) is 0 Å². The summed E-state index contributed by atoms with van der Waals surface area (Å²) in [6, 6.07) is 0. The van der Waals surface area contributed by atoms with Crippen LogP contribution in [0.2, 0.25) is 0 Å². The highest BCUT2D eigenvalue weighted by atomic mass is 16.6. The van der Waals surface area contributed by atoms with Gasteiger partial charge in [0.25, 0.3) is 0 Å². The SMILES string of the molecule is CCCCCCCCCCCOC(=O)C1CC2OC2CC1C(=O)OCCCCCCCCCCCCOC(=O)C1CC2OC2CC1C(=O)OCCCCCCCCCCC. The van der Waals surface area contributed by atoms with Crippen molar-refractivity contribution in [3.05, 3.63) is 0 Å². The van der Waals surface area contributed by atoms with Crippen molar-refractivity contribution in [2.75, 3.05) is 26.4 Å². The summed E-state index contributed by atoms with van der Waals surface area (Å²) in [6.45, 7) is 6.13. The Morgan fingerprint density at radius 2 is 0.500 bits per heavy atom. The number of unbranched alkanes of at least 4 members (excludes halogenated alkanes) is 25. The van der Waals surface area contributed by atoms with E-state index in [0.717, 1.165) is 77.0 Å². The monoisotopic (exact) mass is 847 g/mol. The fourth-order valence-corrected chi connectivity index (χ4v) is 9.45. The minimum absolute atomic E-state index is 0.0831. The Morgan fingerprint density at radius 1 is 0.317 bits per heavy atom. The lowest BCUT2D eigenvalue weighted by atomic mass is 9.79. The van der Waals surface area contributed by atoms with Crippen molar-refractivity contribution < 1.29 is 47.6 Å². The lowest BCUT2D eigenvalue weighted by Crippen LogP contribution is -2.37. The number of rotatable bonds is 37. The third-order valence-electron chi connectivity index (χ3n) is 13.5. The summed E-state index contributed by atoms with van der Waals surface area (Å²) in [5.41, 5.74) is 0. The van der Waals surface area contributed by atoms with Crippen molar-refractivity contribution in [2.24, 2.45) is 23.7 Å². The van der Waals surface area contributed by atoms with Crippen LogP contribution in [0.15, 0.2) is 0 Å². The van der Waals surface area contributed by atoms with E-state index in [-0.39, 0.29) is 48.3 Å². The summed E-state index contributed by atoms with van der Waals surface area (Å²) >= 11 is 0. The molecule has 0 N–H and O–H groups in total. The maximum absolute atomic E-state index is 13.0. The van der Waals surface area contributed by atoms with Gasteiger partial charge in [0.2, 0.25) is 0 Å². The topological polar surface area (TPSA) is 130 Å². The van der Waals surface area contributed by atoms with E-state index in [1.165, 1.54) is 103 Å². The molecular formula is C50H86O10. The summed E-state index contributed by atoms with van der Waals surface area (Å²) < 4.78 is 34.0. The number of carbonyl (C=O) groups excluding carboxylic acids is 4. The van der Waals surface area contributed by atoms with E-state index in [9.17, 15) is 19.2 Å². The Morgan fingerprint density at radius 3 is 0.700 bits per heavy atom. The first-order valence-corrected chi connectivity index (χ1v) is 25.4. The minimum atomic E-state index is -0.462. The summed E-state index contributed by atoms with van der Waals surface area (Å²) in [6.07, 6.45) is 35.1. The van der Waals surface area contributed by atoms with E-state index in [1.807, 2.05) is 0 Å². The summed E-state index contributed by atoms with van der Waals surface area (Å²) in [4.78, 5) is 52.0. The fraction of sp³-hybridized carbons (Fsp3) is 0.920. The third-order valence-corrected chi connectivity index (χ3v) is 13.5. The first-order chi connectivity index (χ1) is 29.4. The van der Waals surface area contributed by atoms with Gasteiger partial charge in [0.05, 0.1) is 74.5 Å². The van der Waals surface area contributed by atoms with Crippen molar-refractivity contribution >= 4 is 23.9 Å². The third kappa shape index (κ3) is 20.3. The molecule has 8 atom stereocenters. The molecule has 2 aliphatic carbocycles. The van der Waals surface area contributed by atoms with Crippen LogP contribution >= 0.6 is 0 Å². The largest absolute Gasteiger partial charge is 0.465 e. The number of hydrogen-bond donors (Lipinski definition) is 0. The van der Waals surface area contributed by atoms with Crippen LogP contribution in [0.1, 0.15) is 219 Å². The zero-order valence-electron chi connectivity index (χ0n) is 38.2. The first kappa shape index (κ1) is 50.4. The molecule has 346 valence electrons. The zero-order chi connectivity index (χ0) is 42.6. The van der Waals surface area contributed by atoms with Crippen molar-refractivity contribution in [1.82, 2.24) is 0 Å². The van der Waals surface area contributed by atoms with Gasteiger partial charge in [0, 0.05) is 0 Å². The molecule has 0 amide bonds. The van der Waals surface area contributed by atoms with Gasteiger partial charge in [-0.05, 0) is 51.4 Å². The highest BCUT2D eigenvalue weighted by Gasteiger charge is 2.54. The molecule has 4 aliphatic rings. The van der Waals surface area contributed by atoms with E-state index >= 15 is 0 Å². The van der Waals surface area contributed by atoms with Crippen LogP contribution in [0.5, 0.6) is 0 Å². The van der Waals surface area contributed by atoms with Gasteiger partial charge < -0.3 is 28.4 Å². The summed E-state index contributed by atoms with van der Waals surface area (Å²) in [7, 11) is 0. The van der Waals surface area contributed by atoms with E-state index in [0.29, 0.717) is 52.1 Å². The maximum Gasteiger partial charge on any atom is 0.309 e. The Labute approximate surface area is 364 Å². The van der Waals surface area contributed by atoms with Gasteiger partial charge in [-0.15, -0.1) is 0 Å². The lowest BCUT2D eigenvalue weighted by molar-refractivity contribution is -0.162. The number of carbonyl (C=O) groups is 4. The van der Waals surface area contributed by atoms with Gasteiger partial charge in [0.15, 0.2) is 0 Å². The van der Waals surface area contributed by atoms with Crippen LogP contribution in [0.25, 0.3) is 0 Å². The van der Waals surface area contributed by atoms with Crippen LogP contribution < -0.4 is 0 Å². The lowest BCUT2D eigenvalue weighted by Gasteiger charge is -2.26. The smallest absolute Gasteiger partial charge is 0.309 e. The summed E-state index contributed by atoms with van der Waals surface area (Å²) in [5, 5.41) is 0. The van der Waals surface area contributed by atoms with Crippen molar-refractivity contribution in [3.63, 3.8) is 0 Å². The van der Waals surface area contributed by atoms with Gasteiger partial charge in [-0.25, -0.2) is 0 Å². The van der Waals surface area contributed by atoms with Crippen LogP contribution in [0.4, 0.5) is 0 Å². The number of epoxide rings is 2. The zero-order valence-corrected chi connectivity index (χ0v) is 38.2. The van der Waals surface area contributed by atoms with Crippen LogP contribution in [0, 0.1) is 23.7 Å². The Kier molecular flexibility index (Phi) is 25.9. The molecule has 0 aromatic heterocycles. The molecule has 10 heteroatoms. The molecule has 4 fully saturated rings. The molecule has 0 bridgehead atoms. The van der Waals surface area contributed by atoms with Crippen molar-refractivity contribution in [2.45, 2.75) is 244 Å². The Balaban J connectivity index is 0.939. The second-order valence-electron chi connectivity index (χ2n) is 18.7. The second kappa shape index (κ2) is 30.8. The molecule has 2 saturated heterocycles.